The largest absolute Gasteiger partial charge is 0.497 e. The Bertz CT molecular complexity index is 1550. The second-order valence-corrected chi connectivity index (χ2v) is 11.0. The van der Waals surface area contributed by atoms with Gasteiger partial charge in [0.05, 0.1) is 24.9 Å². The first kappa shape index (κ1) is 31.3. The van der Waals surface area contributed by atoms with E-state index >= 15 is 0 Å². The van der Waals surface area contributed by atoms with E-state index in [-0.39, 0.29) is 55.0 Å². The lowest BCUT2D eigenvalue weighted by Crippen LogP contribution is -2.46. The van der Waals surface area contributed by atoms with Gasteiger partial charge in [-0.1, -0.05) is 12.1 Å². The average molecular weight is 625 g/mol. The number of benzene rings is 1. The summed E-state index contributed by atoms with van der Waals surface area (Å²) in [6.07, 6.45) is -6.76. The number of carbonyl (C=O) groups excluding carboxylic acids is 1. The molecule has 0 bridgehead atoms. The highest BCUT2D eigenvalue weighted by Crippen LogP contribution is 2.40. The van der Waals surface area contributed by atoms with Gasteiger partial charge in [-0.05, 0) is 48.9 Å². The highest BCUT2D eigenvalue weighted by molar-refractivity contribution is 5.77. The average Bonchev–Trinajstić information content (AvgIpc) is 3.37. The molecule has 5 rings (SSSR count). The third-order valence-electron chi connectivity index (χ3n) is 8.26. The molecule has 0 saturated carbocycles. The van der Waals surface area contributed by atoms with Crippen LogP contribution in [-0.4, -0.2) is 63.8 Å². The van der Waals surface area contributed by atoms with Crippen LogP contribution in [-0.2, 0) is 30.1 Å². The molecule has 0 N–H and O–H groups in total. The molecule has 1 aliphatic carbocycles. The van der Waals surface area contributed by atoms with Gasteiger partial charge in [0.1, 0.15) is 11.3 Å². The zero-order valence-electron chi connectivity index (χ0n) is 24.0. The van der Waals surface area contributed by atoms with Crippen LogP contribution < -0.4 is 15.2 Å². The third-order valence-corrected chi connectivity index (χ3v) is 8.26. The molecular weight excluding hydrogens is 594 g/mol. The van der Waals surface area contributed by atoms with Crippen molar-refractivity contribution < 1.29 is 35.9 Å². The van der Waals surface area contributed by atoms with Crippen LogP contribution >= 0.6 is 0 Å². The van der Waals surface area contributed by atoms with Gasteiger partial charge in [-0.2, -0.15) is 31.4 Å². The van der Waals surface area contributed by atoms with Crippen LogP contribution in [0.2, 0.25) is 0 Å². The number of fused-ring (bicyclic) bond motifs is 1. The quantitative estimate of drug-likeness (QED) is 0.353. The van der Waals surface area contributed by atoms with E-state index in [1.54, 1.807) is 41.1 Å². The maximum absolute atomic E-state index is 14.1. The van der Waals surface area contributed by atoms with E-state index in [9.17, 15) is 35.9 Å². The molecule has 3 heterocycles. The Morgan fingerprint density at radius 3 is 2.20 bits per heavy atom. The standard InChI is InChI=1S/C29H30F6N6O3/c1-39(27-36-14-19(15-37-27)28(30,31)32)20-9-11-40(12-10-20)23(42)13-18-5-8-22-24(29(33,34)35)26(43)41(38-25(18)22)16-17-3-6-21(44-2)7-4-17/h3-4,6-7,14-15,18,20H,5,8-13,16H2,1-2H3. The van der Waals surface area contributed by atoms with Gasteiger partial charge in [-0.15, -0.1) is 0 Å². The zero-order chi connectivity index (χ0) is 31.8. The van der Waals surface area contributed by atoms with E-state index in [0.717, 1.165) is 17.1 Å². The normalized spacial score (nSPS) is 17.5. The molecule has 1 aromatic carbocycles. The van der Waals surface area contributed by atoms with E-state index in [0.29, 0.717) is 37.2 Å². The SMILES string of the molecule is COc1ccc(Cn2nc3c(c(C(F)(F)F)c2=O)CCC3CC(=O)N2CCC(N(C)c3ncc(C(F)(F)F)cn3)CC2)cc1. The van der Waals surface area contributed by atoms with E-state index in [2.05, 4.69) is 15.1 Å². The number of hydrogen-bond donors (Lipinski definition) is 0. The third kappa shape index (κ3) is 6.50. The van der Waals surface area contributed by atoms with E-state index < -0.39 is 35.0 Å². The Balaban J connectivity index is 1.27. The molecule has 0 spiro atoms. The molecule has 3 aromatic rings. The smallest absolute Gasteiger partial charge is 0.422 e. The van der Waals surface area contributed by atoms with Crippen molar-refractivity contribution >= 4 is 11.9 Å². The summed E-state index contributed by atoms with van der Waals surface area (Å²) in [5.41, 5.74) is -2.87. The van der Waals surface area contributed by atoms with E-state index in [4.69, 9.17) is 4.74 Å². The summed E-state index contributed by atoms with van der Waals surface area (Å²) in [6, 6.07) is 6.43. The van der Waals surface area contributed by atoms with Crippen LogP contribution in [0.25, 0.3) is 0 Å². The van der Waals surface area contributed by atoms with Crippen molar-refractivity contribution in [3.05, 3.63) is 75.0 Å². The minimum atomic E-state index is -4.88. The molecule has 1 aliphatic heterocycles. The number of carbonyl (C=O) groups is 1. The summed E-state index contributed by atoms with van der Waals surface area (Å²) in [5.74, 6) is -0.126. The Morgan fingerprint density at radius 1 is 1.00 bits per heavy atom. The first-order valence-corrected chi connectivity index (χ1v) is 14.0. The van der Waals surface area contributed by atoms with Gasteiger partial charge in [0, 0.05) is 50.9 Å². The molecule has 236 valence electrons. The summed E-state index contributed by atoms with van der Waals surface area (Å²) < 4.78 is 86.8. The molecule has 0 radical (unpaired) electrons. The van der Waals surface area contributed by atoms with Crippen LogP contribution in [0, 0.1) is 0 Å². The topological polar surface area (TPSA) is 93.5 Å². The number of halogens is 6. The molecule has 1 unspecified atom stereocenters. The van der Waals surface area contributed by atoms with Crippen molar-refractivity contribution in [1.82, 2.24) is 24.6 Å². The Labute approximate surface area is 248 Å². The van der Waals surface area contributed by atoms with Crippen LogP contribution in [0.4, 0.5) is 32.3 Å². The number of amides is 1. The zero-order valence-corrected chi connectivity index (χ0v) is 24.0. The van der Waals surface area contributed by atoms with Gasteiger partial charge in [0.25, 0.3) is 5.56 Å². The Hall–Kier alpha value is -4.17. The number of methoxy groups -OCH3 is 1. The van der Waals surface area contributed by atoms with Gasteiger partial charge in [0.2, 0.25) is 11.9 Å². The summed E-state index contributed by atoms with van der Waals surface area (Å²) in [5, 5.41) is 4.35. The fourth-order valence-electron chi connectivity index (χ4n) is 5.82. The number of hydrogen-bond acceptors (Lipinski definition) is 7. The molecule has 2 aromatic heterocycles. The predicted molar refractivity (Wildman–Crippen MR) is 146 cm³/mol. The van der Waals surface area contributed by atoms with Gasteiger partial charge in [-0.3, -0.25) is 9.59 Å². The number of anilines is 1. The van der Waals surface area contributed by atoms with Gasteiger partial charge in [0.15, 0.2) is 0 Å². The van der Waals surface area contributed by atoms with Crippen molar-refractivity contribution in [2.24, 2.45) is 0 Å². The first-order valence-electron chi connectivity index (χ1n) is 14.0. The van der Waals surface area contributed by atoms with Crippen LogP contribution in [0.3, 0.4) is 0 Å². The molecule has 2 aliphatic rings. The number of piperidine rings is 1. The summed E-state index contributed by atoms with van der Waals surface area (Å²) in [4.78, 5) is 37.2. The van der Waals surface area contributed by atoms with Crippen molar-refractivity contribution in [2.45, 2.75) is 63.0 Å². The number of nitrogens with zero attached hydrogens (tertiary/aromatic N) is 6. The maximum Gasteiger partial charge on any atom is 0.422 e. The highest BCUT2D eigenvalue weighted by atomic mass is 19.4. The minimum Gasteiger partial charge on any atom is -0.497 e. The molecule has 9 nitrogen and oxygen atoms in total. The lowest BCUT2D eigenvalue weighted by atomic mass is 9.99. The number of aromatic nitrogens is 4. The van der Waals surface area contributed by atoms with Gasteiger partial charge < -0.3 is 14.5 Å². The molecule has 1 amide bonds. The van der Waals surface area contributed by atoms with Crippen LogP contribution in [0.5, 0.6) is 5.75 Å². The Kier molecular flexibility index (Phi) is 8.58. The monoisotopic (exact) mass is 624 g/mol. The number of ether oxygens (including phenoxy) is 1. The van der Waals surface area contributed by atoms with Crippen LogP contribution in [0.1, 0.15) is 59.5 Å². The maximum atomic E-state index is 14.1. The van der Waals surface area contributed by atoms with Crippen molar-refractivity contribution in [3.63, 3.8) is 0 Å². The minimum absolute atomic E-state index is 0.00621. The van der Waals surface area contributed by atoms with Crippen molar-refractivity contribution in [1.29, 1.82) is 0 Å². The second-order valence-electron chi connectivity index (χ2n) is 11.0. The molecule has 1 atom stereocenters. The fourth-order valence-corrected chi connectivity index (χ4v) is 5.82. The second kappa shape index (κ2) is 12.1. The summed E-state index contributed by atoms with van der Waals surface area (Å²) in [6.45, 7) is 0.530. The van der Waals surface area contributed by atoms with Crippen molar-refractivity contribution in [2.75, 3.05) is 32.1 Å². The number of alkyl halides is 6. The van der Waals surface area contributed by atoms with E-state index in [1.807, 2.05) is 0 Å². The highest BCUT2D eigenvalue weighted by Gasteiger charge is 2.43. The number of rotatable bonds is 7. The lowest BCUT2D eigenvalue weighted by molar-refractivity contribution is -0.140. The summed E-state index contributed by atoms with van der Waals surface area (Å²) >= 11 is 0. The number of likely N-dealkylation sites (tertiary alicyclic amines) is 1. The summed E-state index contributed by atoms with van der Waals surface area (Å²) in [7, 11) is 3.16. The molecule has 1 fully saturated rings. The predicted octanol–water partition coefficient (Wildman–Crippen LogP) is 4.68. The van der Waals surface area contributed by atoms with E-state index in [1.165, 1.54) is 7.11 Å². The van der Waals surface area contributed by atoms with Crippen LogP contribution in [0.15, 0.2) is 41.5 Å². The fraction of sp³-hybridized carbons (Fsp3) is 0.483. The lowest BCUT2D eigenvalue weighted by Gasteiger charge is -2.37. The molecule has 15 heteroatoms. The first-order chi connectivity index (χ1) is 20.8. The molecule has 44 heavy (non-hydrogen) atoms. The molecular formula is C29H30F6N6O3. The van der Waals surface area contributed by atoms with Gasteiger partial charge >= 0.3 is 12.4 Å². The van der Waals surface area contributed by atoms with Gasteiger partial charge in [-0.25, -0.2) is 14.6 Å². The Morgan fingerprint density at radius 2 is 1.64 bits per heavy atom. The molecule has 1 saturated heterocycles. The van der Waals surface area contributed by atoms with Crippen molar-refractivity contribution in [3.8, 4) is 5.75 Å².